The zero-order chi connectivity index (χ0) is 15.4. The Morgan fingerprint density at radius 1 is 1.48 bits per heavy atom. The number of H-pyrrole nitrogens is 1. The number of aryl methyl sites for hydroxylation is 1. The van der Waals surface area contributed by atoms with Gasteiger partial charge < -0.3 is 19.7 Å². The Labute approximate surface area is 121 Å². The fourth-order valence-electron chi connectivity index (χ4n) is 2.46. The molecule has 1 saturated heterocycles. The Kier molecular flexibility index (Phi) is 4.74. The number of carboxylic acid groups (broad SMARTS) is 1. The van der Waals surface area contributed by atoms with Crippen LogP contribution in [-0.2, 0) is 20.7 Å². The normalized spacial score (nSPS) is 22.0. The molecule has 0 saturated carbocycles. The molecule has 1 aromatic heterocycles. The molecule has 0 unspecified atom stereocenters. The lowest BCUT2D eigenvalue weighted by molar-refractivity contribution is -0.164. The van der Waals surface area contributed by atoms with Crippen LogP contribution in [0.15, 0.2) is 23.0 Å². The van der Waals surface area contributed by atoms with Crippen LogP contribution in [0, 0.1) is 0 Å². The van der Waals surface area contributed by atoms with E-state index in [0.717, 1.165) is 0 Å². The molecule has 7 nitrogen and oxygen atoms in total. The molecule has 114 valence electrons. The summed E-state index contributed by atoms with van der Waals surface area (Å²) in [6, 6.07) is 3.79. The molecule has 0 radical (unpaired) electrons. The predicted octanol–water partition coefficient (Wildman–Crippen LogP) is 0.00800. The number of morpholine rings is 1. The van der Waals surface area contributed by atoms with E-state index in [9.17, 15) is 19.5 Å². The standard InChI is InChI=1S/C14H18N2O5/c1-9-13(14(19)20)16(7-8-21-9)12(18)6-5-10-3-2-4-11(17)15-10/h2-4,9,13H,5-8H2,1H3,(H,15,17)(H,19,20)/t9-,13+/m1/s1. The van der Waals surface area contributed by atoms with E-state index in [4.69, 9.17) is 4.74 Å². The molecular formula is C14H18N2O5. The molecule has 1 aromatic rings. The molecule has 1 aliphatic rings. The summed E-state index contributed by atoms with van der Waals surface area (Å²) in [4.78, 5) is 38.7. The van der Waals surface area contributed by atoms with Crippen molar-refractivity contribution in [2.75, 3.05) is 13.2 Å². The van der Waals surface area contributed by atoms with E-state index in [-0.39, 0.29) is 24.4 Å². The number of ether oxygens (including phenoxy) is 1. The zero-order valence-electron chi connectivity index (χ0n) is 11.7. The zero-order valence-corrected chi connectivity index (χ0v) is 11.7. The summed E-state index contributed by atoms with van der Waals surface area (Å²) < 4.78 is 5.29. The monoisotopic (exact) mass is 294 g/mol. The van der Waals surface area contributed by atoms with Crippen LogP contribution in [0.3, 0.4) is 0 Å². The Morgan fingerprint density at radius 2 is 2.24 bits per heavy atom. The molecule has 0 bridgehead atoms. The van der Waals surface area contributed by atoms with E-state index < -0.39 is 18.1 Å². The summed E-state index contributed by atoms with van der Waals surface area (Å²) in [5.41, 5.74) is 0.437. The summed E-state index contributed by atoms with van der Waals surface area (Å²) >= 11 is 0. The smallest absolute Gasteiger partial charge is 0.329 e. The molecule has 2 N–H and O–H groups in total. The van der Waals surface area contributed by atoms with Crippen LogP contribution in [0.2, 0.25) is 0 Å². The van der Waals surface area contributed by atoms with Crippen LogP contribution in [0.5, 0.6) is 0 Å². The average Bonchev–Trinajstić information content (AvgIpc) is 2.44. The van der Waals surface area contributed by atoms with Crippen molar-refractivity contribution in [2.45, 2.75) is 31.9 Å². The third kappa shape index (κ3) is 3.69. The van der Waals surface area contributed by atoms with Crippen LogP contribution >= 0.6 is 0 Å². The number of nitrogens with one attached hydrogen (secondary N) is 1. The largest absolute Gasteiger partial charge is 0.480 e. The number of aromatic nitrogens is 1. The number of hydrogen-bond donors (Lipinski definition) is 2. The number of hydrogen-bond acceptors (Lipinski definition) is 4. The first-order valence-electron chi connectivity index (χ1n) is 6.81. The fourth-order valence-corrected chi connectivity index (χ4v) is 2.46. The van der Waals surface area contributed by atoms with Gasteiger partial charge in [-0.15, -0.1) is 0 Å². The number of rotatable bonds is 4. The van der Waals surface area contributed by atoms with Gasteiger partial charge in [0.1, 0.15) is 0 Å². The van der Waals surface area contributed by atoms with Crippen molar-refractivity contribution in [3.8, 4) is 0 Å². The summed E-state index contributed by atoms with van der Waals surface area (Å²) in [6.07, 6.45) is -0.0135. The van der Waals surface area contributed by atoms with Gasteiger partial charge in [-0.1, -0.05) is 6.07 Å². The third-order valence-corrected chi connectivity index (χ3v) is 3.50. The number of pyridine rings is 1. The number of carbonyl (C=O) groups excluding carboxylic acids is 1. The number of aromatic amines is 1. The lowest BCUT2D eigenvalue weighted by atomic mass is 10.1. The molecule has 1 amide bonds. The number of nitrogens with zero attached hydrogens (tertiary/aromatic N) is 1. The van der Waals surface area contributed by atoms with E-state index in [2.05, 4.69) is 4.98 Å². The van der Waals surface area contributed by atoms with Crippen LogP contribution in [0.4, 0.5) is 0 Å². The van der Waals surface area contributed by atoms with Gasteiger partial charge in [-0.25, -0.2) is 4.79 Å². The van der Waals surface area contributed by atoms with E-state index in [1.54, 1.807) is 19.1 Å². The summed E-state index contributed by atoms with van der Waals surface area (Å²) in [5, 5.41) is 9.23. The minimum Gasteiger partial charge on any atom is -0.480 e. The number of carbonyl (C=O) groups is 2. The van der Waals surface area contributed by atoms with Crippen molar-refractivity contribution in [1.29, 1.82) is 0 Å². The maximum atomic E-state index is 12.2. The molecule has 2 rings (SSSR count). The van der Waals surface area contributed by atoms with Gasteiger partial charge in [-0.2, -0.15) is 0 Å². The fraction of sp³-hybridized carbons (Fsp3) is 0.500. The van der Waals surface area contributed by atoms with E-state index >= 15 is 0 Å². The van der Waals surface area contributed by atoms with E-state index in [1.165, 1.54) is 11.0 Å². The van der Waals surface area contributed by atoms with Crippen LogP contribution in [-0.4, -0.2) is 52.2 Å². The topological polar surface area (TPSA) is 99.7 Å². The Balaban J connectivity index is 2.01. The van der Waals surface area contributed by atoms with Crippen molar-refractivity contribution in [3.05, 3.63) is 34.2 Å². The SMILES string of the molecule is C[C@H]1OCCN(C(=O)CCc2cccc(=O)[nH]2)[C@@H]1C(=O)O. The van der Waals surface area contributed by atoms with Crippen molar-refractivity contribution in [3.63, 3.8) is 0 Å². The summed E-state index contributed by atoms with van der Waals surface area (Å²) in [5.74, 6) is -1.31. The number of amides is 1. The van der Waals surface area contributed by atoms with Gasteiger partial charge in [0.2, 0.25) is 11.5 Å². The highest BCUT2D eigenvalue weighted by Crippen LogP contribution is 2.16. The number of carboxylic acids is 1. The number of aliphatic carboxylic acids is 1. The lowest BCUT2D eigenvalue weighted by Crippen LogP contribution is -2.56. The second-order valence-electron chi connectivity index (χ2n) is 4.99. The van der Waals surface area contributed by atoms with Crippen LogP contribution in [0.1, 0.15) is 19.0 Å². The Bertz CT molecular complexity index is 583. The molecule has 2 atom stereocenters. The minimum atomic E-state index is -1.07. The van der Waals surface area contributed by atoms with Crippen molar-refractivity contribution < 1.29 is 19.4 Å². The third-order valence-electron chi connectivity index (χ3n) is 3.50. The lowest BCUT2D eigenvalue weighted by Gasteiger charge is -2.37. The molecule has 1 aliphatic heterocycles. The van der Waals surface area contributed by atoms with Crippen molar-refractivity contribution in [2.24, 2.45) is 0 Å². The first-order valence-corrected chi connectivity index (χ1v) is 6.81. The minimum absolute atomic E-state index is 0.149. The van der Waals surface area contributed by atoms with Gasteiger partial charge >= 0.3 is 5.97 Å². The predicted molar refractivity (Wildman–Crippen MR) is 73.9 cm³/mol. The summed E-state index contributed by atoms with van der Waals surface area (Å²) in [7, 11) is 0. The Hall–Kier alpha value is -2.15. The highest BCUT2D eigenvalue weighted by molar-refractivity contribution is 5.84. The van der Waals surface area contributed by atoms with Crippen molar-refractivity contribution in [1.82, 2.24) is 9.88 Å². The molecule has 0 aliphatic carbocycles. The van der Waals surface area contributed by atoms with Gasteiger partial charge in [0.25, 0.3) is 0 Å². The molecule has 1 fully saturated rings. The van der Waals surface area contributed by atoms with Gasteiger partial charge in [-0.3, -0.25) is 9.59 Å². The maximum Gasteiger partial charge on any atom is 0.329 e. The summed E-state index contributed by atoms with van der Waals surface area (Å²) in [6.45, 7) is 2.25. The second kappa shape index (κ2) is 6.53. The second-order valence-corrected chi connectivity index (χ2v) is 4.99. The quantitative estimate of drug-likeness (QED) is 0.814. The first-order chi connectivity index (χ1) is 9.99. The molecule has 0 spiro atoms. The van der Waals surface area contributed by atoms with E-state index in [0.29, 0.717) is 18.7 Å². The molecule has 7 heteroatoms. The van der Waals surface area contributed by atoms with Gasteiger partial charge in [0.15, 0.2) is 6.04 Å². The Morgan fingerprint density at radius 3 is 2.90 bits per heavy atom. The van der Waals surface area contributed by atoms with Gasteiger partial charge in [0, 0.05) is 24.7 Å². The highest BCUT2D eigenvalue weighted by Gasteiger charge is 2.37. The molecule has 2 heterocycles. The van der Waals surface area contributed by atoms with Crippen LogP contribution < -0.4 is 5.56 Å². The van der Waals surface area contributed by atoms with Gasteiger partial charge in [-0.05, 0) is 19.4 Å². The van der Waals surface area contributed by atoms with Crippen LogP contribution in [0.25, 0.3) is 0 Å². The first kappa shape index (κ1) is 15.2. The molecule has 0 aromatic carbocycles. The van der Waals surface area contributed by atoms with Crippen molar-refractivity contribution >= 4 is 11.9 Å². The maximum absolute atomic E-state index is 12.2. The van der Waals surface area contributed by atoms with Gasteiger partial charge in [0.05, 0.1) is 12.7 Å². The molecular weight excluding hydrogens is 276 g/mol. The average molecular weight is 294 g/mol. The van der Waals surface area contributed by atoms with E-state index in [1.807, 2.05) is 0 Å². The highest BCUT2D eigenvalue weighted by atomic mass is 16.5. The molecule has 21 heavy (non-hydrogen) atoms.